The molecule has 0 unspecified atom stereocenters. The lowest BCUT2D eigenvalue weighted by atomic mass is 9.78. The van der Waals surface area contributed by atoms with Gasteiger partial charge in [-0.3, -0.25) is 0 Å². The number of carbonyl (C=O) groups excluding carboxylic acids is 1. The van der Waals surface area contributed by atoms with Crippen molar-refractivity contribution in [3.8, 4) is 0 Å². The second-order valence-corrected chi connectivity index (χ2v) is 4.94. The van der Waals surface area contributed by atoms with Crippen LogP contribution in [0.2, 0.25) is 0 Å². The van der Waals surface area contributed by atoms with Crippen molar-refractivity contribution in [2.45, 2.75) is 64.7 Å². The summed E-state index contributed by atoms with van der Waals surface area (Å²) in [5, 5.41) is 10.3. The van der Waals surface area contributed by atoms with Crippen LogP contribution in [0.3, 0.4) is 0 Å². The Morgan fingerprint density at radius 3 is 2.13 bits per heavy atom. The Hall–Kier alpha value is -0.530. The minimum Gasteiger partial charge on any atom is -0.550 e. The molecule has 0 amide bonds. The van der Waals surface area contributed by atoms with Gasteiger partial charge in [-0.15, -0.1) is 0 Å². The molecule has 2 heteroatoms. The van der Waals surface area contributed by atoms with Crippen LogP contribution in [0, 0.1) is 11.8 Å². The summed E-state index contributed by atoms with van der Waals surface area (Å²) < 4.78 is 0. The maximum Gasteiger partial charge on any atom is 0.0414 e. The molecule has 2 nitrogen and oxygen atoms in total. The van der Waals surface area contributed by atoms with Gasteiger partial charge in [0.2, 0.25) is 0 Å². The molecule has 1 aliphatic rings. The molecule has 15 heavy (non-hydrogen) atoms. The summed E-state index contributed by atoms with van der Waals surface area (Å²) in [6.45, 7) is 2.24. The lowest BCUT2D eigenvalue weighted by Gasteiger charge is -2.28. The summed E-state index contributed by atoms with van der Waals surface area (Å²) in [6.07, 6.45) is 10.2. The quantitative estimate of drug-likeness (QED) is 0.677. The van der Waals surface area contributed by atoms with Crippen molar-refractivity contribution in [2.75, 3.05) is 0 Å². The van der Waals surface area contributed by atoms with Crippen LogP contribution in [-0.4, -0.2) is 5.97 Å². The maximum atomic E-state index is 10.3. The average molecular weight is 211 g/mol. The van der Waals surface area contributed by atoms with Crippen molar-refractivity contribution in [3.63, 3.8) is 0 Å². The van der Waals surface area contributed by atoms with Crippen molar-refractivity contribution in [2.24, 2.45) is 11.8 Å². The second kappa shape index (κ2) is 6.86. The first kappa shape index (κ1) is 12.5. The summed E-state index contributed by atoms with van der Waals surface area (Å²) in [4.78, 5) is 10.3. The van der Waals surface area contributed by atoms with Gasteiger partial charge in [-0.05, 0) is 24.7 Å². The molecule has 1 rings (SSSR count). The number of carboxylic acids is 1. The molecule has 0 spiro atoms. The Morgan fingerprint density at radius 1 is 1.13 bits per heavy atom. The molecule has 1 saturated carbocycles. The molecular formula is C13H23O2-. The fourth-order valence-electron chi connectivity index (χ4n) is 2.62. The normalized spacial score (nSPS) is 26.5. The van der Waals surface area contributed by atoms with E-state index < -0.39 is 5.97 Å². The molecular weight excluding hydrogens is 188 g/mol. The molecule has 0 saturated heterocycles. The van der Waals surface area contributed by atoms with E-state index in [0.717, 1.165) is 12.3 Å². The molecule has 0 N–H and O–H groups in total. The van der Waals surface area contributed by atoms with Crippen LogP contribution in [0.15, 0.2) is 0 Å². The summed E-state index contributed by atoms with van der Waals surface area (Å²) in [5.41, 5.74) is 0. The van der Waals surface area contributed by atoms with Gasteiger partial charge in [0.1, 0.15) is 0 Å². The third-order valence-corrected chi connectivity index (χ3v) is 3.69. The van der Waals surface area contributed by atoms with Crippen molar-refractivity contribution >= 4 is 5.97 Å². The van der Waals surface area contributed by atoms with E-state index in [1.165, 1.54) is 44.9 Å². The van der Waals surface area contributed by atoms with Gasteiger partial charge < -0.3 is 9.90 Å². The van der Waals surface area contributed by atoms with Gasteiger partial charge in [-0.1, -0.05) is 51.9 Å². The molecule has 0 bridgehead atoms. The topological polar surface area (TPSA) is 40.1 Å². The van der Waals surface area contributed by atoms with Crippen LogP contribution in [0.5, 0.6) is 0 Å². The first-order valence-corrected chi connectivity index (χ1v) is 6.42. The van der Waals surface area contributed by atoms with E-state index in [1.54, 1.807) is 0 Å². The minimum atomic E-state index is -0.886. The number of carbonyl (C=O) groups is 1. The van der Waals surface area contributed by atoms with E-state index >= 15 is 0 Å². The lowest BCUT2D eigenvalue weighted by molar-refractivity contribution is -0.306. The van der Waals surface area contributed by atoms with Gasteiger partial charge in [-0.25, -0.2) is 0 Å². The molecule has 1 aliphatic carbocycles. The van der Waals surface area contributed by atoms with Gasteiger partial charge in [-0.2, -0.15) is 0 Å². The van der Waals surface area contributed by atoms with Gasteiger partial charge in [0.25, 0.3) is 0 Å². The number of unbranched alkanes of at least 4 members (excludes halogenated alkanes) is 1. The highest BCUT2D eigenvalue weighted by Crippen LogP contribution is 2.33. The molecule has 0 atom stereocenters. The van der Waals surface area contributed by atoms with Gasteiger partial charge in [0.05, 0.1) is 0 Å². The van der Waals surface area contributed by atoms with Crippen LogP contribution in [0.4, 0.5) is 0 Å². The number of aliphatic carboxylic acids is 1. The molecule has 0 aliphatic heterocycles. The van der Waals surface area contributed by atoms with E-state index in [-0.39, 0.29) is 6.42 Å². The summed E-state index contributed by atoms with van der Waals surface area (Å²) >= 11 is 0. The Balaban J connectivity index is 2.09. The van der Waals surface area contributed by atoms with Crippen LogP contribution in [0.1, 0.15) is 64.7 Å². The molecule has 0 heterocycles. The van der Waals surface area contributed by atoms with E-state index in [2.05, 4.69) is 6.92 Å². The van der Waals surface area contributed by atoms with Crippen molar-refractivity contribution in [1.29, 1.82) is 0 Å². The largest absolute Gasteiger partial charge is 0.550 e. The molecule has 88 valence electrons. The number of hydrogen-bond acceptors (Lipinski definition) is 2. The Morgan fingerprint density at radius 2 is 1.67 bits per heavy atom. The molecule has 0 aromatic rings. The van der Waals surface area contributed by atoms with Crippen LogP contribution in [-0.2, 0) is 4.79 Å². The van der Waals surface area contributed by atoms with Crippen molar-refractivity contribution in [3.05, 3.63) is 0 Å². The van der Waals surface area contributed by atoms with Crippen molar-refractivity contribution in [1.82, 2.24) is 0 Å². The van der Waals surface area contributed by atoms with E-state index in [9.17, 15) is 9.90 Å². The van der Waals surface area contributed by atoms with E-state index in [4.69, 9.17) is 0 Å². The Bertz CT molecular complexity index is 181. The third-order valence-electron chi connectivity index (χ3n) is 3.69. The number of rotatable bonds is 6. The monoisotopic (exact) mass is 211 g/mol. The highest BCUT2D eigenvalue weighted by atomic mass is 16.4. The highest BCUT2D eigenvalue weighted by Gasteiger charge is 2.20. The van der Waals surface area contributed by atoms with Crippen LogP contribution >= 0.6 is 0 Å². The molecule has 0 radical (unpaired) electrons. The fourth-order valence-corrected chi connectivity index (χ4v) is 2.62. The van der Waals surface area contributed by atoms with Crippen LogP contribution in [0.25, 0.3) is 0 Å². The fraction of sp³-hybridized carbons (Fsp3) is 0.923. The standard InChI is InChI=1S/C13H24O2/c1-2-3-4-11-5-7-12(8-6-11)9-10-13(14)15/h11-12H,2-10H2,1H3,(H,14,15)/p-1. The van der Waals surface area contributed by atoms with E-state index in [1.807, 2.05) is 0 Å². The van der Waals surface area contributed by atoms with Crippen molar-refractivity contribution < 1.29 is 9.90 Å². The average Bonchev–Trinajstić information content (AvgIpc) is 2.25. The third kappa shape index (κ3) is 5.19. The second-order valence-electron chi connectivity index (χ2n) is 4.94. The highest BCUT2D eigenvalue weighted by molar-refractivity contribution is 5.64. The maximum absolute atomic E-state index is 10.3. The lowest BCUT2D eigenvalue weighted by Crippen LogP contribution is -2.23. The first-order chi connectivity index (χ1) is 7.22. The summed E-state index contributed by atoms with van der Waals surface area (Å²) in [7, 11) is 0. The Kier molecular flexibility index (Phi) is 5.74. The zero-order valence-corrected chi connectivity index (χ0v) is 9.84. The zero-order chi connectivity index (χ0) is 11.1. The smallest absolute Gasteiger partial charge is 0.0414 e. The van der Waals surface area contributed by atoms with Gasteiger partial charge >= 0.3 is 0 Å². The molecule has 0 aromatic carbocycles. The summed E-state index contributed by atoms with van der Waals surface area (Å²) in [5.74, 6) is 0.688. The minimum absolute atomic E-state index is 0.254. The molecule has 1 fully saturated rings. The SMILES string of the molecule is CCCCC1CCC(CCC(=O)[O-])CC1. The van der Waals surface area contributed by atoms with Gasteiger partial charge in [0, 0.05) is 5.97 Å². The predicted molar refractivity (Wildman–Crippen MR) is 59.2 cm³/mol. The van der Waals surface area contributed by atoms with Crippen LogP contribution < -0.4 is 5.11 Å². The van der Waals surface area contributed by atoms with Gasteiger partial charge in [0.15, 0.2) is 0 Å². The first-order valence-electron chi connectivity index (χ1n) is 6.42. The Labute approximate surface area is 93.1 Å². The number of carboxylic acid groups (broad SMARTS) is 1. The summed E-state index contributed by atoms with van der Waals surface area (Å²) in [6, 6.07) is 0. The molecule has 0 aromatic heterocycles. The predicted octanol–water partition coefficient (Wildman–Crippen LogP) is 2.51. The zero-order valence-electron chi connectivity index (χ0n) is 9.84. The number of hydrogen-bond donors (Lipinski definition) is 0. The van der Waals surface area contributed by atoms with E-state index in [0.29, 0.717) is 5.92 Å².